The average molecular weight is 477 g/mol. The molecule has 2 aromatic carbocycles. The maximum Gasteiger partial charge on any atom is 0.300 e. The second-order valence-corrected chi connectivity index (χ2v) is 11.3. The van der Waals surface area contributed by atoms with Gasteiger partial charge in [0, 0.05) is 17.8 Å². The molecule has 1 saturated carbocycles. The fraction of sp³-hybridized carbons (Fsp3) is 0.444. The normalized spacial score (nSPS) is 20.6. The molecule has 178 valence electrons. The standard InChI is InChI=1S/C27H32N4O2S/c1-27(2)24(29-30-26(32)34-27)20-12-15-23-19(17-20)7-6-16-31(23)25(28-21-8-4-5-9-21)18-10-13-22(33-3)14-11-18/h10-15,17,21H,4-9,16H2,1-3H3,(H,30,32). The highest BCUT2D eigenvalue weighted by Crippen LogP contribution is 2.36. The van der Waals surface area contributed by atoms with Crippen molar-refractivity contribution in [3.8, 4) is 5.75 Å². The highest BCUT2D eigenvalue weighted by atomic mass is 32.2. The number of carbonyl (C=O) groups is 1. The SMILES string of the molecule is COc1ccc(C(=NC2CCCC2)N2CCCc3cc(C4=NNC(=O)SC4(C)C)ccc32)cc1. The predicted molar refractivity (Wildman–Crippen MR) is 141 cm³/mol. The monoisotopic (exact) mass is 476 g/mol. The van der Waals surface area contributed by atoms with Crippen LogP contribution in [0.15, 0.2) is 52.6 Å². The van der Waals surface area contributed by atoms with Gasteiger partial charge in [-0.25, -0.2) is 5.43 Å². The number of hydrazone groups is 1. The van der Waals surface area contributed by atoms with E-state index >= 15 is 0 Å². The summed E-state index contributed by atoms with van der Waals surface area (Å²) in [5, 5.41) is 4.31. The number of hydrogen-bond donors (Lipinski definition) is 1. The van der Waals surface area contributed by atoms with Gasteiger partial charge in [0.2, 0.25) is 0 Å². The van der Waals surface area contributed by atoms with Crippen molar-refractivity contribution in [2.24, 2.45) is 10.1 Å². The van der Waals surface area contributed by atoms with E-state index in [1.165, 1.54) is 35.9 Å². The van der Waals surface area contributed by atoms with E-state index in [2.05, 4.69) is 59.6 Å². The number of thioether (sulfide) groups is 1. The Balaban J connectivity index is 1.53. The van der Waals surface area contributed by atoms with Crippen LogP contribution in [0.5, 0.6) is 5.75 Å². The molecule has 1 fully saturated rings. The molecule has 0 atom stereocenters. The van der Waals surface area contributed by atoms with Crippen LogP contribution >= 0.6 is 11.8 Å². The highest BCUT2D eigenvalue weighted by Gasteiger charge is 2.35. The fourth-order valence-electron chi connectivity index (χ4n) is 5.16. The van der Waals surface area contributed by atoms with Crippen LogP contribution in [-0.2, 0) is 6.42 Å². The average Bonchev–Trinajstić information content (AvgIpc) is 3.35. The van der Waals surface area contributed by atoms with Crippen LogP contribution in [0.3, 0.4) is 0 Å². The smallest absolute Gasteiger partial charge is 0.300 e. The maximum atomic E-state index is 11.8. The molecule has 0 aromatic heterocycles. The van der Waals surface area contributed by atoms with E-state index in [0.29, 0.717) is 6.04 Å². The summed E-state index contributed by atoms with van der Waals surface area (Å²) < 4.78 is 5.01. The molecule has 7 heteroatoms. The summed E-state index contributed by atoms with van der Waals surface area (Å²) in [6, 6.07) is 15.3. The second-order valence-electron chi connectivity index (χ2n) is 9.69. The molecule has 2 heterocycles. The number of nitrogens with one attached hydrogen (secondary N) is 1. The van der Waals surface area contributed by atoms with Gasteiger partial charge in [0.15, 0.2) is 0 Å². The minimum Gasteiger partial charge on any atom is -0.497 e. The fourth-order valence-corrected chi connectivity index (χ4v) is 5.98. The lowest BCUT2D eigenvalue weighted by atomic mass is 9.93. The van der Waals surface area contributed by atoms with Crippen molar-refractivity contribution < 1.29 is 9.53 Å². The molecule has 5 rings (SSSR count). The molecule has 34 heavy (non-hydrogen) atoms. The number of amidine groups is 1. The molecule has 2 aromatic rings. The number of benzene rings is 2. The van der Waals surface area contributed by atoms with Crippen LogP contribution in [0, 0.1) is 0 Å². The van der Waals surface area contributed by atoms with Gasteiger partial charge in [0.1, 0.15) is 11.6 Å². The van der Waals surface area contributed by atoms with Crippen molar-refractivity contribution in [2.75, 3.05) is 18.6 Å². The number of hydrogen-bond acceptors (Lipinski definition) is 5. The summed E-state index contributed by atoms with van der Waals surface area (Å²) in [7, 11) is 1.70. The molecular weight excluding hydrogens is 444 g/mol. The Bertz CT molecular complexity index is 1130. The number of fused-ring (bicyclic) bond motifs is 1. The minimum atomic E-state index is -0.372. The molecule has 0 radical (unpaired) electrons. The predicted octanol–water partition coefficient (Wildman–Crippen LogP) is 5.78. The van der Waals surface area contributed by atoms with Gasteiger partial charge in [-0.1, -0.05) is 30.7 Å². The maximum absolute atomic E-state index is 11.8. The number of carbonyl (C=O) groups excluding carboxylic acids is 1. The number of amides is 1. The van der Waals surface area contributed by atoms with Gasteiger partial charge in [-0.3, -0.25) is 9.79 Å². The van der Waals surface area contributed by atoms with Crippen LogP contribution in [0.1, 0.15) is 62.6 Å². The van der Waals surface area contributed by atoms with Gasteiger partial charge in [-0.15, -0.1) is 0 Å². The number of nitrogens with zero attached hydrogens (tertiary/aromatic N) is 3. The lowest BCUT2D eigenvalue weighted by Crippen LogP contribution is -2.39. The summed E-state index contributed by atoms with van der Waals surface area (Å²) in [4.78, 5) is 19.5. The zero-order chi connectivity index (χ0) is 23.7. The number of methoxy groups -OCH3 is 1. The molecule has 0 unspecified atom stereocenters. The molecular formula is C27H32N4O2S. The first-order valence-electron chi connectivity index (χ1n) is 12.1. The molecule has 2 aliphatic heterocycles. The summed E-state index contributed by atoms with van der Waals surface area (Å²) in [5.74, 6) is 1.91. The van der Waals surface area contributed by atoms with Crippen molar-refractivity contribution in [1.82, 2.24) is 5.43 Å². The van der Waals surface area contributed by atoms with Crippen molar-refractivity contribution in [1.29, 1.82) is 0 Å². The van der Waals surface area contributed by atoms with Gasteiger partial charge < -0.3 is 9.64 Å². The van der Waals surface area contributed by atoms with Crippen molar-refractivity contribution in [3.05, 3.63) is 59.2 Å². The van der Waals surface area contributed by atoms with Crippen LogP contribution < -0.4 is 15.1 Å². The Morgan fingerprint density at radius 3 is 2.62 bits per heavy atom. The lowest BCUT2D eigenvalue weighted by molar-refractivity contribution is 0.260. The topological polar surface area (TPSA) is 66.3 Å². The van der Waals surface area contributed by atoms with Crippen LogP contribution in [0.4, 0.5) is 10.5 Å². The molecule has 3 aliphatic rings. The third kappa shape index (κ3) is 4.58. The van der Waals surface area contributed by atoms with Crippen molar-refractivity contribution in [2.45, 2.75) is 63.2 Å². The number of aryl methyl sites for hydroxylation is 1. The molecule has 0 saturated heterocycles. The zero-order valence-corrected chi connectivity index (χ0v) is 21.0. The largest absolute Gasteiger partial charge is 0.497 e. The van der Waals surface area contributed by atoms with E-state index in [1.54, 1.807) is 7.11 Å². The first-order valence-corrected chi connectivity index (χ1v) is 13.0. The summed E-state index contributed by atoms with van der Waals surface area (Å²) >= 11 is 1.29. The molecule has 6 nitrogen and oxygen atoms in total. The number of anilines is 1. The van der Waals surface area contributed by atoms with Gasteiger partial charge >= 0.3 is 0 Å². The zero-order valence-electron chi connectivity index (χ0n) is 20.1. The second kappa shape index (κ2) is 9.45. The van der Waals surface area contributed by atoms with E-state index in [-0.39, 0.29) is 9.99 Å². The van der Waals surface area contributed by atoms with Crippen molar-refractivity contribution in [3.63, 3.8) is 0 Å². The molecule has 1 aliphatic carbocycles. The molecule has 1 N–H and O–H groups in total. The van der Waals surface area contributed by atoms with E-state index in [9.17, 15) is 4.79 Å². The van der Waals surface area contributed by atoms with Gasteiger partial charge in [-0.05, 0) is 87.1 Å². The van der Waals surface area contributed by atoms with E-state index in [0.717, 1.165) is 60.7 Å². The van der Waals surface area contributed by atoms with Crippen LogP contribution in [0.25, 0.3) is 0 Å². The number of aliphatic imine (C=N–C) groups is 1. The van der Waals surface area contributed by atoms with E-state index < -0.39 is 0 Å². The minimum absolute atomic E-state index is 0.106. The third-order valence-corrected chi connectivity index (χ3v) is 7.86. The van der Waals surface area contributed by atoms with Gasteiger partial charge in [-0.2, -0.15) is 5.10 Å². The van der Waals surface area contributed by atoms with Crippen molar-refractivity contribution >= 4 is 34.2 Å². The highest BCUT2D eigenvalue weighted by molar-refractivity contribution is 8.15. The first kappa shape index (κ1) is 23.0. The van der Waals surface area contributed by atoms with Gasteiger partial charge in [0.05, 0.1) is 23.6 Å². The summed E-state index contributed by atoms with van der Waals surface area (Å²) in [6.45, 7) is 5.05. The molecule has 0 spiro atoms. The Morgan fingerprint density at radius 2 is 1.91 bits per heavy atom. The number of ether oxygens (including phenoxy) is 1. The lowest BCUT2D eigenvalue weighted by Gasteiger charge is -2.34. The Morgan fingerprint density at radius 1 is 1.15 bits per heavy atom. The third-order valence-electron chi connectivity index (χ3n) is 6.88. The quantitative estimate of drug-likeness (QED) is 0.449. The molecule has 1 amide bonds. The van der Waals surface area contributed by atoms with Crippen LogP contribution in [0.2, 0.25) is 0 Å². The first-order chi connectivity index (χ1) is 16.4. The van der Waals surface area contributed by atoms with Crippen LogP contribution in [-0.4, -0.2) is 41.2 Å². The Hall–Kier alpha value is -2.80. The Kier molecular flexibility index (Phi) is 6.38. The van der Waals surface area contributed by atoms with E-state index in [4.69, 9.17) is 9.73 Å². The molecule has 0 bridgehead atoms. The Labute approximate surface area is 205 Å². The summed E-state index contributed by atoms with van der Waals surface area (Å²) in [5.41, 5.74) is 8.26. The van der Waals surface area contributed by atoms with E-state index in [1.807, 2.05) is 12.1 Å². The van der Waals surface area contributed by atoms with Gasteiger partial charge in [0.25, 0.3) is 5.24 Å². The number of rotatable bonds is 4. The summed E-state index contributed by atoms with van der Waals surface area (Å²) in [6.07, 6.45) is 6.94.